The van der Waals surface area contributed by atoms with E-state index in [4.69, 9.17) is 14.2 Å². The summed E-state index contributed by atoms with van der Waals surface area (Å²) in [4.78, 5) is 41.9. The van der Waals surface area contributed by atoms with Gasteiger partial charge in [0.25, 0.3) is 11.8 Å². The molecule has 5 rings (SSSR count). The topological polar surface area (TPSA) is 115 Å². The number of anilines is 1. The number of likely N-dealkylation sites (tertiary alicyclic amines) is 1. The van der Waals surface area contributed by atoms with Crippen LogP contribution in [0.25, 0.3) is 5.69 Å². The molecule has 1 aliphatic rings. The van der Waals surface area contributed by atoms with Gasteiger partial charge in [-0.05, 0) is 68.3 Å². The van der Waals surface area contributed by atoms with Gasteiger partial charge >= 0.3 is 0 Å². The summed E-state index contributed by atoms with van der Waals surface area (Å²) in [7, 11) is 1.40. The van der Waals surface area contributed by atoms with Crippen molar-refractivity contribution in [3.05, 3.63) is 96.2 Å². The van der Waals surface area contributed by atoms with Crippen LogP contribution in [-0.4, -0.2) is 57.2 Å². The number of carbonyl (C=O) groups is 2. The van der Waals surface area contributed by atoms with Gasteiger partial charge < -0.3 is 24.0 Å². The molecule has 1 saturated heterocycles. The van der Waals surface area contributed by atoms with Crippen LogP contribution in [0.15, 0.2) is 83.1 Å². The van der Waals surface area contributed by atoms with Gasteiger partial charge in [0.2, 0.25) is 5.71 Å². The summed E-state index contributed by atoms with van der Waals surface area (Å²) in [6.45, 7) is 2.91. The van der Waals surface area contributed by atoms with E-state index in [1.165, 1.54) is 13.4 Å². The SMILES string of the molecule is CO/N=C(/C(=O)N1CCC(c2nc(C)ccc2C(=O)Nc2ccc(-n3ccnc3)cc2)CC1)c1ccco1. The Hall–Kier alpha value is -4.73. The summed E-state index contributed by atoms with van der Waals surface area (Å²) >= 11 is 0. The molecule has 1 aliphatic heterocycles. The highest BCUT2D eigenvalue weighted by molar-refractivity contribution is 6.44. The zero-order valence-electron chi connectivity index (χ0n) is 21.2. The number of nitrogens with zero attached hydrogens (tertiary/aromatic N) is 5. The lowest BCUT2D eigenvalue weighted by Gasteiger charge is -2.32. The molecule has 0 saturated carbocycles. The summed E-state index contributed by atoms with van der Waals surface area (Å²) in [5, 5.41) is 6.88. The average Bonchev–Trinajstić information content (AvgIpc) is 3.67. The van der Waals surface area contributed by atoms with Gasteiger partial charge in [-0.25, -0.2) is 4.98 Å². The van der Waals surface area contributed by atoms with Gasteiger partial charge in [-0.1, -0.05) is 5.16 Å². The predicted molar refractivity (Wildman–Crippen MR) is 141 cm³/mol. The first kappa shape index (κ1) is 24.9. The van der Waals surface area contributed by atoms with Crippen LogP contribution in [-0.2, 0) is 9.63 Å². The van der Waals surface area contributed by atoms with E-state index in [0.29, 0.717) is 42.9 Å². The van der Waals surface area contributed by atoms with Crippen molar-refractivity contribution in [2.75, 3.05) is 25.5 Å². The molecular formula is C28H28N6O4. The lowest BCUT2D eigenvalue weighted by Crippen LogP contribution is -2.42. The molecule has 3 aromatic heterocycles. The van der Waals surface area contributed by atoms with Crippen molar-refractivity contribution >= 4 is 23.2 Å². The molecule has 4 heterocycles. The number of piperidine rings is 1. The number of benzene rings is 1. The van der Waals surface area contributed by atoms with Crippen LogP contribution >= 0.6 is 0 Å². The van der Waals surface area contributed by atoms with E-state index >= 15 is 0 Å². The molecule has 38 heavy (non-hydrogen) atoms. The van der Waals surface area contributed by atoms with Crippen molar-refractivity contribution in [1.29, 1.82) is 0 Å². The fourth-order valence-electron chi connectivity index (χ4n) is 4.61. The van der Waals surface area contributed by atoms with E-state index in [2.05, 4.69) is 15.5 Å². The number of pyridine rings is 1. The molecule has 10 nitrogen and oxygen atoms in total. The maximum Gasteiger partial charge on any atom is 0.279 e. The first-order valence-electron chi connectivity index (χ1n) is 12.3. The highest BCUT2D eigenvalue weighted by atomic mass is 16.6. The number of aromatic nitrogens is 3. The number of imidazole rings is 1. The standard InChI is InChI=1S/C28H28N6O4/c1-19-5-10-23(27(35)31-21-6-8-22(9-7-21)34-16-13-29-18-34)25(30-19)20-11-14-33(15-12-20)28(36)26(32-37-2)24-4-3-17-38-24/h3-10,13,16-18,20H,11-12,14-15H2,1-2H3,(H,31,35)/b32-26+. The van der Waals surface area contributed by atoms with Gasteiger partial charge in [0.15, 0.2) is 5.76 Å². The Morgan fingerprint density at radius 1 is 1.11 bits per heavy atom. The number of amides is 2. The number of oxime groups is 1. The van der Waals surface area contributed by atoms with E-state index in [1.807, 2.05) is 54.1 Å². The van der Waals surface area contributed by atoms with Crippen molar-refractivity contribution in [1.82, 2.24) is 19.4 Å². The zero-order valence-corrected chi connectivity index (χ0v) is 21.2. The van der Waals surface area contributed by atoms with Crippen molar-refractivity contribution in [3.63, 3.8) is 0 Å². The third kappa shape index (κ3) is 5.34. The monoisotopic (exact) mass is 512 g/mol. The Labute approximate surface area is 219 Å². The van der Waals surface area contributed by atoms with Crippen molar-refractivity contribution < 1.29 is 18.8 Å². The molecule has 2 amide bonds. The minimum absolute atomic E-state index is 0.0368. The van der Waals surface area contributed by atoms with Crippen LogP contribution in [0.1, 0.15) is 46.3 Å². The summed E-state index contributed by atoms with van der Waals surface area (Å²) in [5.74, 6) is -0.0747. The Bertz CT molecular complexity index is 1420. The summed E-state index contributed by atoms with van der Waals surface area (Å²) in [6.07, 6.45) is 8.12. The van der Waals surface area contributed by atoms with Crippen molar-refractivity contribution in [2.45, 2.75) is 25.7 Å². The van der Waals surface area contributed by atoms with E-state index in [0.717, 1.165) is 17.1 Å². The van der Waals surface area contributed by atoms with Crippen molar-refractivity contribution in [2.24, 2.45) is 5.16 Å². The molecule has 1 aromatic carbocycles. The Morgan fingerprint density at radius 3 is 2.55 bits per heavy atom. The second-order valence-electron chi connectivity index (χ2n) is 9.02. The van der Waals surface area contributed by atoms with Gasteiger partial charge in [-0.3, -0.25) is 14.6 Å². The molecule has 0 bridgehead atoms. The second-order valence-corrected chi connectivity index (χ2v) is 9.02. The quantitative estimate of drug-likeness (QED) is 0.294. The fraction of sp³-hybridized carbons (Fsp3) is 0.250. The number of hydrogen-bond donors (Lipinski definition) is 1. The van der Waals surface area contributed by atoms with Crippen LogP contribution in [0.4, 0.5) is 5.69 Å². The van der Waals surface area contributed by atoms with E-state index in [9.17, 15) is 9.59 Å². The zero-order chi connectivity index (χ0) is 26.5. The molecule has 4 aromatic rings. The van der Waals surface area contributed by atoms with Gasteiger partial charge in [-0.2, -0.15) is 0 Å². The molecule has 10 heteroatoms. The summed E-state index contributed by atoms with van der Waals surface area (Å²) in [5.41, 5.74) is 3.90. The fourth-order valence-corrected chi connectivity index (χ4v) is 4.61. The Morgan fingerprint density at radius 2 is 1.89 bits per heavy atom. The lowest BCUT2D eigenvalue weighted by atomic mass is 9.89. The van der Waals surface area contributed by atoms with Gasteiger partial charge in [-0.15, -0.1) is 0 Å². The number of aryl methyl sites for hydroxylation is 1. The Balaban J connectivity index is 1.28. The maximum absolute atomic E-state index is 13.3. The lowest BCUT2D eigenvalue weighted by molar-refractivity contribution is -0.125. The minimum atomic E-state index is -0.255. The first-order chi connectivity index (χ1) is 18.5. The van der Waals surface area contributed by atoms with Gasteiger partial charge in [0.05, 0.1) is 23.8 Å². The summed E-state index contributed by atoms with van der Waals surface area (Å²) in [6, 6.07) is 14.6. The largest absolute Gasteiger partial charge is 0.462 e. The van der Waals surface area contributed by atoms with Crippen LogP contribution in [0.5, 0.6) is 0 Å². The van der Waals surface area contributed by atoms with E-state index in [-0.39, 0.29) is 23.4 Å². The number of carbonyl (C=O) groups excluding carboxylic acids is 2. The number of rotatable bonds is 7. The molecule has 0 spiro atoms. The van der Waals surface area contributed by atoms with E-state index in [1.54, 1.807) is 29.6 Å². The number of nitrogens with one attached hydrogen (secondary N) is 1. The molecule has 0 radical (unpaired) electrons. The second kappa shape index (κ2) is 11.1. The van der Waals surface area contributed by atoms with Gasteiger partial charge in [0, 0.05) is 48.5 Å². The number of hydrogen-bond acceptors (Lipinski definition) is 7. The molecule has 0 atom stereocenters. The first-order valence-corrected chi connectivity index (χ1v) is 12.3. The molecule has 0 unspecified atom stereocenters. The molecule has 194 valence electrons. The van der Waals surface area contributed by atoms with Crippen LogP contribution < -0.4 is 5.32 Å². The smallest absolute Gasteiger partial charge is 0.279 e. The minimum Gasteiger partial charge on any atom is -0.462 e. The van der Waals surface area contributed by atoms with Crippen LogP contribution in [0.3, 0.4) is 0 Å². The normalized spacial score (nSPS) is 14.4. The molecule has 1 fully saturated rings. The highest BCUT2D eigenvalue weighted by Gasteiger charge is 2.31. The van der Waals surface area contributed by atoms with Gasteiger partial charge in [0.1, 0.15) is 7.11 Å². The van der Waals surface area contributed by atoms with Crippen LogP contribution in [0, 0.1) is 6.92 Å². The third-order valence-corrected chi connectivity index (χ3v) is 6.54. The van der Waals surface area contributed by atoms with E-state index < -0.39 is 0 Å². The molecular weight excluding hydrogens is 484 g/mol. The average molecular weight is 513 g/mol. The molecule has 1 N–H and O–H groups in total. The predicted octanol–water partition coefficient (Wildman–Crippen LogP) is 4.18. The Kier molecular flexibility index (Phi) is 7.30. The maximum atomic E-state index is 13.3. The highest BCUT2D eigenvalue weighted by Crippen LogP contribution is 2.30. The molecule has 0 aliphatic carbocycles. The summed E-state index contributed by atoms with van der Waals surface area (Å²) < 4.78 is 7.26. The number of furan rings is 1. The van der Waals surface area contributed by atoms with Crippen LogP contribution in [0.2, 0.25) is 0 Å². The third-order valence-electron chi connectivity index (χ3n) is 6.54. The van der Waals surface area contributed by atoms with Crippen molar-refractivity contribution in [3.8, 4) is 5.69 Å².